The zero-order valence-corrected chi connectivity index (χ0v) is 18.7. The van der Waals surface area contributed by atoms with Gasteiger partial charge < -0.3 is 14.6 Å². The molecule has 0 saturated carbocycles. The Morgan fingerprint density at radius 2 is 1.80 bits per heavy atom. The number of benzene rings is 3. The van der Waals surface area contributed by atoms with Gasteiger partial charge in [0, 0.05) is 36.2 Å². The van der Waals surface area contributed by atoms with Crippen LogP contribution < -0.4 is 10.9 Å². The first-order valence-corrected chi connectivity index (χ1v) is 11.5. The molecule has 0 aliphatic carbocycles. The van der Waals surface area contributed by atoms with Crippen LogP contribution in [0, 0.1) is 5.82 Å². The number of amides is 1. The molecule has 0 radical (unpaired) electrons. The number of nitrogens with one attached hydrogen (secondary N) is 1. The van der Waals surface area contributed by atoms with E-state index >= 15 is 0 Å². The highest BCUT2D eigenvalue weighted by Crippen LogP contribution is 2.37. The quantitative estimate of drug-likeness (QED) is 0.443. The zero-order valence-electron chi connectivity index (χ0n) is 18.7. The van der Waals surface area contributed by atoms with Crippen molar-refractivity contribution in [1.82, 2.24) is 9.88 Å². The van der Waals surface area contributed by atoms with Crippen LogP contribution in [0.15, 0.2) is 77.6 Å². The molecule has 7 heteroatoms. The second-order valence-corrected chi connectivity index (χ2v) is 8.95. The number of carbonyl (C=O) groups is 2. The summed E-state index contributed by atoms with van der Waals surface area (Å²) in [4.78, 5) is 37.5. The fourth-order valence-corrected chi connectivity index (χ4v) is 5.15. The summed E-state index contributed by atoms with van der Waals surface area (Å²) < 4.78 is 21.7. The number of pyridine rings is 1. The molecule has 0 fully saturated rings. The molecule has 1 N–H and O–H groups in total. The van der Waals surface area contributed by atoms with Crippen molar-refractivity contribution in [2.45, 2.75) is 25.0 Å². The third-order valence-electron chi connectivity index (χ3n) is 6.84. The number of fused-ring (bicyclic) bond motifs is 1. The first-order chi connectivity index (χ1) is 17.0. The van der Waals surface area contributed by atoms with E-state index in [0.29, 0.717) is 28.8 Å². The van der Waals surface area contributed by atoms with Crippen molar-refractivity contribution >= 4 is 22.8 Å². The molecule has 35 heavy (non-hydrogen) atoms. The summed E-state index contributed by atoms with van der Waals surface area (Å²) in [6.07, 6.45) is -0.707. The highest BCUT2D eigenvalue weighted by molar-refractivity contribution is 5.96. The van der Waals surface area contributed by atoms with Gasteiger partial charge in [-0.25, -0.2) is 9.18 Å². The molecule has 6 rings (SSSR count). The van der Waals surface area contributed by atoms with Gasteiger partial charge in [0.25, 0.3) is 5.56 Å². The second-order valence-electron chi connectivity index (χ2n) is 8.95. The van der Waals surface area contributed by atoms with Crippen molar-refractivity contribution in [3.05, 3.63) is 106 Å². The Hall–Kier alpha value is -4.26. The van der Waals surface area contributed by atoms with Crippen molar-refractivity contribution < 1.29 is 18.7 Å². The molecule has 4 aromatic rings. The van der Waals surface area contributed by atoms with Crippen LogP contribution in [0.2, 0.25) is 0 Å². The first-order valence-electron chi connectivity index (χ1n) is 11.5. The number of nitrogens with zero attached hydrogens (tertiary/aromatic N) is 1. The van der Waals surface area contributed by atoms with E-state index in [4.69, 9.17) is 4.74 Å². The Kier molecular flexibility index (Phi) is 4.99. The zero-order chi connectivity index (χ0) is 24.1. The topological polar surface area (TPSA) is 77.4 Å². The minimum absolute atomic E-state index is 0.0320. The molecule has 2 aliphatic heterocycles. The summed E-state index contributed by atoms with van der Waals surface area (Å²) >= 11 is 0. The van der Waals surface area contributed by atoms with Gasteiger partial charge in [-0.15, -0.1) is 0 Å². The molecule has 6 nitrogen and oxygen atoms in total. The average Bonchev–Trinajstić information content (AvgIpc) is 3.41. The lowest BCUT2D eigenvalue weighted by Gasteiger charge is -2.15. The van der Waals surface area contributed by atoms with E-state index in [1.807, 2.05) is 42.5 Å². The van der Waals surface area contributed by atoms with Crippen molar-refractivity contribution in [3.63, 3.8) is 0 Å². The molecule has 1 aromatic heterocycles. The van der Waals surface area contributed by atoms with Crippen LogP contribution in [0.4, 0.5) is 4.39 Å². The van der Waals surface area contributed by atoms with E-state index in [1.165, 1.54) is 12.1 Å². The molecule has 0 saturated heterocycles. The lowest BCUT2D eigenvalue weighted by molar-refractivity contribution is -0.123. The second kappa shape index (κ2) is 8.20. The monoisotopic (exact) mass is 468 g/mol. The standard InChI is InChI=1S/C28H21FN2O4/c29-22-10-7-17-8-11-25(33)31-15-19(26(22)27(17)31)14-30-24(32)13-23-20-9-6-18(12-21(20)28(34)35-23)16-4-2-1-3-5-16/h1-12,19,23H,13-15H2,(H,30,32)/t19-,23-/m1/s1. The number of carbonyl (C=O) groups excluding carboxylic acids is 2. The minimum Gasteiger partial charge on any atom is -0.453 e. The van der Waals surface area contributed by atoms with E-state index in [1.54, 1.807) is 22.8 Å². The maximum Gasteiger partial charge on any atom is 0.339 e. The molecule has 3 heterocycles. The fourth-order valence-electron chi connectivity index (χ4n) is 5.15. The molecule has 0 unspecified atom stereocenters. The summed E-state index contributed by atoms with van der Waals surface area (Å²) in [6.45, 7) is 0.479. The summed E-state index contributed by atoms with van der Waals surface area (Å²) in [5.41, 5.74) is 3.88. The van der Waals surface area contributed by atoms with Gasteiger partial charge in [-0.2, -0.15) is 0 Å². The number of hydrogen-bond donors (Lipinski definition) is 1. The Balaban J connectivity index is 1.17. The number of rotatable bonds is 5. The molecular formula is C28H21FN2O4. The summed E-state index contributed by atoms with van der Waals surface area (Å²) in [5, 5.41) is 3.64. The van der Waals surface area contributed by atoms with Crippen molar-refractivity contribution in [2.24, 2.45) is 0 Å². The number of ether oxygens (including phenoxy) is 1. The minimum atomic E-state index is -0.675. The van der Waals surface area contributed by atoms with Gasteiger partial charge in [0.15, 0.2) is 0 Å². The maximum atomic E-state index is 14.7. The van der Waals surface area contributed by atoms with E-state index in [0.717, 1.165) is 16.5 Å². The summed E-state index contributed by atoms with van der Waals surface area (Å²) in [6, 6.07) is 21.5. The smallest absolute Gasteiger partial charge is 0.339 e. The van der Waals surface area contributed by atoms with Crippen LogP contribution >= 0.6 is 0 Å². The van der Waals surface area contributed by atoms with E-state index < -0.39 is 12.1 Å². The summed E-state index contributed by atoms with van der Waals surface area (Å²) in [7, 11) is 0. The fraction of sp³-hybridized carbons (Fsp3) is 0.179. The predicted octanol–water partition coefficient (Wildman–Crippen LogP) is 4.32. The van der Waals surface area contributed by atoms with Crippen molar-refractivity contribution in [1.29, 1.82) is 0 Å². The van der Waals surface area contributed by atoms with Crippen LogP contribution in [0.1, 0.15) is 39.9 Å². The van der Waals surface area contributed by atoms with Crippen LogP contribution in [0.25, 0.3) is 22.0 Å². The van der Waals surface area contributed by atoms with Crippen LogP contribution in [0.5, 0.6) is 0 Å². The van der Waals surface area contributed by atoms with Gasteiger partial charge in [0.2, 0.25) is 5.91 Å². The molecule has 2 aliphatic rings. The molecule has 1 amide bonds. The number of hydrogen-bond acceptors (Lipinski definition) is 4. The van der Waals surface area contributed by atoms with Gasteiger partial charge in [-0.05, 0) is 40.8 Å². The van der Waals surface area contributed by atoms with Crippen LogP contribution in [-0.4, -0.2) is 23.0 Å². The highest BCUT2D eigenvalue weighted by atomic mass is 19.1. The lowest BCUT2D eigenvalue weighted by atomic mass is 9.96. The number of aromatic nitrogens is 1. The van der Waals surface area contributed by atoms with Crippen LogP contribution in [0.3, 0.4) is 0 Å². The van der Waals surface area contributed by atoms with Crippen molar-refractivity contribution in [2.75, 3.05) is 6.54 Å². The predicted molar refractivity (Wildman–Crippen MR) is 129 cm³/mol. The van der Waals surface area contributed by atoms with Gasteiger partial charge in [-0.1, -0.05) is 42.5 Å². The number of esters is 1. The normalized spacial score (nSPS) is 17.9. The Labute approximate surface area is 200 Å². The van der Waals surface area contributed by atoms with Gasteiger partial charge >= 0.3 is 5.97 Å². The lowest BCUT2D eigenvalue weighted by Crippen LogP contribution is -2.30. The Morgan fingerprint density at radius 3 is 2.63 bits per heavy atom. The van der Waals surface area contributed by atoms with Gasteiger partial charge in [-0.3, -0.25) is 9.59 Å². The van der Waals surface area contributed by atoms with Gasteiger partial charge in [0.1, 0.15) is 11.9 Å². The SMILES string of the molecule is O=C(C[C@H]1OC(=O)c2cc(-c3ccccc3)ccc21)NC[C@@H]1Cn2c(=O)ccc3ccc(F)c1c32. The molecule has 0 spiro atoms. The average molecular weight is 468 g/mol. The Morgan fingerprint density at radius 1 is 1.00 bits per heavy atom. The first kappa shape index (κ1) is 21.3. The Bertz CT molecular complexity index is 1560. The highest BCUT2D eigenvalue weighted by Gasteiger charge is 2.34. The van der Waals surface area contributed by atoms with Crippen LogP contribution in [-0.2, 0) is 16.1 Å². The number of cyclic esters (lactones) is 1. The third-order valence-corrected chi connectivity index (χ3v) is 6.84. The van der Waals surface area contributed by atoms with Gasteiger partial charge in [0.05, 0.1) is 17.5 Å². The molecule has 2 atom stereocenters. The molecule has 0 bridgehead atoms. The number of halogens is 1. The van der Waals surface area contributed by atoms with E-state index in [9.17, 15) is 18.8 Å². The van der Waals surface area contributed by atoms with E-state index in [-0.39, 0.29) is 36.2 Å². The third kappa shape index (κ3) is 3.60. The molecular weight excluding hydrogens is 447 g/mol. The summed E-state index contributed by atoms with van der Waals surface area (Å²) in [5.74, 6) is -1.50. The van der Waals surface area contributed by atoms with E-state index in [2.05, 4.69) is 5.32 Å². The maximum absolute atomic E-state index is 14.7. The largest absolute Gasteiger partial charge is 0.453 e. The van der Waals surface area contributed by atoms with Crippen molar-refractivity contribution in [3.8, 4) is 11.1 Å². The molecule has 3 aromatic carbocycles. The molecule has 174 valence electrons.